The Labute approximate surface area is 134 Å². The van der Waals surface area contributed by atoms with Crippen LogP contribution in [0.15, 0.2) is 46.0 Å². The van der Waals surface area contributed by atoms with E-state index >= 15 is 0 Å². The summed E-state index contributed by atoms with van der Waals surface area (Å²) in [6.07, 6.45) is 0. The van der Waals surface area contributed by atoms with Crippen LogP contribution in [0.3, 0.4) is 0 Å². The summed E-state index contributed by atoms with van der Waals surface area (Å²) in [5.74, 6) is 0.00561. The van der Waals surface area contributed by atoms with E-state index in [1.54, 1.807) is 24.3 Å². The lowest BCUT2D eigenvalue weighted by Crippen LogP contribution is -2.13. The standard InChI is InChI=1S/C14H11BrClFN2O2/c15-9-2-1-8(13(17)5-9)7-21-10-3-4-11(12(16)6-10)14(18)19-20/h1-6,20H,7H2,(H2,18,19). The molecule has 0 fully saturated rings. The van der Waals surface area contributed by atoms with Gasteiger partial charge in [-0.3, -0.25) is 0 Å². The molecule has 2 aromatic carbocycles. The van der Waals surface area contributed by atoms with Crippen LogP contribution in [0.5, 0.6) is 5.75 Å². The summed E-state index contributed by atoms with van der Waals surface area (Å²) in [6.45, 7) is 0.0678. The molecule has 0 aliphatic carbocycles. The summed E-state index contributed by atoms with van der Waals surface area (Å²) in [4.78, 5) is 0. The maximum absolute atomic E-state index is 13.7. The molecule has 0 unspecified atom stereocenters. The summed E-state index contributed by atoms with van der Waals surface area (Å²) >= 11 is 9.19. The molecule has 0 saturated carbocycles. The fourth-order valence-corrected chi connectivity index (χ4v) is 2.25. The minimum atomic E-state index is -0.358. The lowest BCUT2D eigenvalue weighted by molar-refractivity contribution is 0.300. The normalized spacial score (nSPS) is 11.5. The molecular formula is C14H11BrClFN2O2. The molecule has 0 aliphatic rings. The third-order valence-electron chi connectivity index (χ3n) is 2.73. The number of ether oxygens (including phenoxy) is 1. The van der Waals surface area contributed by atoms with E-state index in [0.717, 1.165) is 0 Å². The minimum absolute atomic E-state index is 0.0678. The van der Waals surface area contributed by atoms with E-state index in [1.165, 1.54) is 12.1 Å². The second-order valence-electron chi connectivity index (χ2n) is 4.15. The van der Waals surface area contributed by atoms with Crippen LogP contribution in [0.2, 0.25) is 5.02 Å². The predicted molar refractivity (Wildman–Crippen MR) is 82.4 cm³/mol. The van der Waals surface area contributed by atoms with Crippen LogP contribution in [-0.4, -0.2) is 11.0 Å². The lowest BCUT2D eigenvalue weighted by atomic mass is 10.2. The average molecular weight is 374 g/mol. The summed E-state index contributed by atoms with van der Waals surface area (Å²) in [5.41, 5.74) is 6.28. The van der Waals surface area contributed by atoms with Gasteiger partial charge in [0.05, 0.1) is 5.02 Å². The Bertz CT molecular complexity index is 695. The maximum atomic E-state index is 13.7. The zero-order valence-corrected chi connectivity index (χ0v) is 13.0. The number of oxime groups is 1. The second-order valence-corrected chi connectivity index (χ2v) is 5.47. The van der Waals surface area contributed by atoms with Gasteiger partial charge in [0.1, 0.15) is 18.2 Å². The van der Waals surface area contributed by atoms with Crippen molar-refractivity contribution in [2.75, 3.05) is 0 Å². The number of rotatable bonds is 4. The van der Waals surface area contributed by atoms with Crippen molar-refractivity contribution in [1.29, 1.82) is 0 Å². The first-order chi connectivity index (χ1) is 10.0. The SMILES string of the molecule is N/C(=N/O)c1ccc(OCc2ccc(Br)cc2F)cc1Cl. The Morgan fingerprint density at radius 2 is 2.10 bits per heavy atom. The lowest BCUT2D eigenvalue weighted by Gasteiger charge is -2.09. The van der Waals surface area contributed by atoms with Crippen molar-refractivity contribution in [3.8, 4) is 5.75 Å². The molecule has 21 heavy (non-hydrogen) atoms. The van der Waals surface area contributed by atoms with Gasteiger partial charge in [0.15, 0.2) is 5.84 Å². The highest BCUT2D eigenvalue weighted by atomic mass is 79.9. The quantitative estimate of drug-likeness (QED) is 0.369. The van der Waals surface area contributed by atoms with Gasteiger partial charge in [0, 0.05) is 15.6 Å². The van der Waals surface area contributed by atoms with Gasteiger partial charge in [-0.1, -0.05) is 38.8 Å². The number of halogens is 3. The molecule has 0 aromatic heterocycles. The number of nitrogens with two attached hydrogens (primary N) is 1. The summed E-state index contributed by atoms with van der Waals surface area (Å²) < 4.78 is 19.8. The molecular weight excluding hydrogens is 363 g/mol. The molecule has 0 bridgehead atoms. The number of hydrogen-bond acceptors (Lipinski definition) is 3. The molecule has 0 atom stereocenters. The molecule has 0 aliphatic heterocycles. The molecule has 0 saturated heterocycles. The van der Waals surface area contributed by atoms with Gasteiger partial charge >= 0.3 is 0 Å². The highest BCUT2D eigenvalue weighted by molar-refractivity contribution is 9.10. The Kier molecular flexibility index (Phi) is 5.03. The van der Waals surface area contributed by atoms with Crippen molar-refractivity contribution in [3.05, 3.63) is 62.8 Å². The van der Waals surface area contributed by atoms with Gasteiger partial charge in [-0.15, -0.1) is 0 Å². The van der Waals surface area contributed by atoms with Gasteiger partial charge in [-0.2, -0.15) is 0 Å². The van der Waals surface area contributed by atoms with Crippen LogP contribution in [-0.2, 0) is 6.61 Å². The largest absolute Gasteiger partial charge is 0.489 e. The first-order valence-corrected chi connectivity index (χ1v) is 7.02. The average Bonchev–Trinajstić information content (AvgIpc) is 2.45. The fraction of sp³-hybridized carbons (Fsp3) is 0.0714. The molecule has 4 nitrogen and oxygen atoms in total. The van der Waals surface area contributed by atoms with Crippen LogP contribution in [0.25, 0.3) is 0 Å². The van der Waals surface area contributed by atoms with Crippen LogP contribution in [0.1, 0.15) is 11.1 Å². The Morgan fingerprint density at radius 1 is 1.33 bits per heavy atom. The van der Waals surface area contributed by atoms with Gasteiger partial charge in [0.25, 0.3) is 0 Å². The van der Waals surface area contributed by atoms with E-state index in [1.807, 2.05) is 0 Å². The van der Waals surface area contributed by atoms with Gasteiger partial charge in [-0.25, -0.2) is 4.39 Å². The third kappa shape index (κ3) is 3.86. The highest BCUT2D eigenvalue weighted by Crippen LogP contribution is 2.24. The van der Waals surface area contributed by atoms with Crippen molar-refractivity contribution in [3.63, 3.8) is 0 Å². The van der Waals surface area contributed by atoms with Gasteiger partial charge < -0.3 is 15.7 Å². The monoisotopic (exact) mass is 372 g/mol. The smallest absolute Gasteiger partial charge is 0.171 e. The minimum Gasteiger partial charge on any atom is -0.489 e. The first kappa shape index (κ1) is 15.6. The zero-order chi connectivity index (χ0) is 15.4. The van der Waals surface area contributed by atoms with Crippen LogP contribution < -0.4 is 10.5 Å². The molecule has 7 heteroatoms. The van der Waals surface area contributed by atoms with Gasteiger partial charge in [0.2, 0.25) is 0 Å². The molecule has 110 valence electrons. The molecule has 3 N–H and O–H groups in total. The molecule has 0 radical (unpaired) electrons. The topological polar surface area (TPSA) is 67.8 Å². The van der Waals surface area contributed by atoms with Crippen molar-refractivity contribution < 1.29 is 14.3 Å². The van der Waals surface area contributed by atoms with Gasteiger partial charge in [-0.05, 0) is 30.3 Å². The van der Waals surface area contributed by atoms with Crippen molar-refractivity contribution in [1.82, 2.24) is 0 Å². The fourth-order valence-electron chi connectivity index (χ4n) is 1.65. The predicted octanol–water partition coefficient (Wildman–Crippen LogP) is 3.92. The van der Waals surface area contributed by atoms with Crippen LogP contribution >= 0.6 is 27.5 Å². The van der Waals surface area contributed by atoms with Crippen molar-refractivity contribution in [2.24, 2.45) is 10.9 Å². The summed E-state index contributed by atoms with van der Waals surface area (Å²) in [6, 6.07) is 9.42. The maximum Gasteiger partial charge on any atom is 0.171 e. The Balaban J connectivity index is 2.12. The molecule has 2 aromatic rings. The van der Waals surface area contributed by atoms with E-state index in [0.29, 0.717) is 21.3 Å². The van der Waals surface area contributed by atoms with E-state index in [2.05, 4.69) is 21.1 Å². The molecule has 0 heterocycles. The summed E-state index contributed by atoms with van der Waals surface area (Å²) in [5, 5.41) is 11.8. The number of amidine groups is 1. The Hall–Kier alpha value is -1.79. The number of hydrogen-bond donors (Lipinski definition) is 2. The highest BCUT2D eigenvalue weighted by Gasteiger charge is 2.08. The molecule has 2 rings (SSSR count). The number of nitrogens with zero attached hydrogens (tertiary/aromatic N) is 1. The first-order valence-electron chi connectivity index (χ1n) is 5.85. The van der Waals surface area contributed by atoms with Crippen LogP contribution in [0, 0.1) is 5.82 Å². The van der Waals surface area contributed by atoms with Crippen molar-refractivity contribution >= 4 is 33.4 Å². The summed E-state index contributed by atoms with van der Waals surface area (Å²) in [7, 11) is 0. The molecule has 0 amide bonds. The molecule has 0 spiro atoms. The van der Waals surface area contributed by atoms with E-state index in [9.17, 15) is 4.39 Å². The third-order valence-corrected chi connectivity index (χ3v) is 3.54. The number of benzene rings is 2. The zero-order valence-electron chi connectivity index (χ0n) is 10.7. The van der Waals surface area contributed by atoms with Crippen LogP contribution in [0.4, 0.5) is 4.39 Å². The van der Waals surface area contributed by atoms with E-state index < -0.39 is 0 Å². The van der Waals surface area contributed by atoms with E-state index in [-0.39, 0.29) is 23.3 Å². The Morgan fingerprint density at radius 3 is 2.71 bits per heavy atom. The van der Waals surface area contributed by atoms with Crippen molar-refractivity contribution in [2.45, 2.75) is 6.61 Å². The second kappa shape index (κ2) is 6.78. The van der Waals surface area contributed by atoms with E-state index in [4.69, 9.17) is 27.3 Å².